The number of carbonyl (C=O) groups is 1. The van der Waals surface area contributed by atoms with E-state index in [1.54, 1.807) is 36.7 Å². The Kier molecular flexibility index (Phi) is 5.06. The third-order valence-corrected chi connectivity index (χ3v) is 6.78. The summed E-state index contributed by atoms with van der Waals surface area (Å²) in [5, 5.41) is 0. The second-order valence-electron chi connectivity index (χ2n) is 8.27. The van der Waals surface area contributed by atoms with E-state index in [1.165, 1.54) is 6.07 Å². The van der Waals surface area contributed by atoms with Crippen LogP contribution in [0.4, 0.5) is 4.39 Å². The molecule has 4 heterocycles. The van der Waals surface area contributed by atoms with Crippen molar-refractivity contribution in [3.8, 4) is 11.3 Å². The number of aromatic nitrogens is 3. The highest BCUT2D eigenvalue weighted by atomic mass is 19.1. The normalized spacial score (nSPS) is 18.2. The Labute approximate surface area is 181 Å². The molecule has 0 unspecified atom stereocenters. The smallest absolute Gasteiger partial charge is 0.253 e. The highest BCUT2D eigenvalue weighted by Crippen LogP contribution is 2.42. The van der Waals surface area contributed by atoms with Crippen LogP contribution in [0, 0.1) is 5.82 Å². The third kappa shape index (κ3) is 3.33. The van der Waals surface area contributed by atoms with Gasteiger partial charge in [0.05, 0.1) is 17.4 Å². The molecule has 5 rings (SSSR count). The van der Waals surface area contributed by atoms with Crippen LogP contribution < -0.4 is 0 Å². The maximum Gasteiger partial charge on any atom is 0.253 e. The monoisotopic (exact) mass is 419 g/mol. The first-order valence-electron chi connectivity index (χ1n) is 10.9. The highest BCUT2D eigenvalue weighted by molar-refractivity contribution is 5.94. The van der Waals surface area contributed by atoms with Gasteiger partial charge in [-0.3, -0.25) is 14.7 Å². The van der Waals surface area contributed by atoms with Gasteiger partial charge < -0.3 is 9.47 Å². The molecule has 0 aliphatic carbocycles. The van der Waals surface area contributed by atoms with Crippen molar-refractivity contribution < 1.29 is 9.18 Å². The quantitative estimate of drug-likeness (QED) is 0.652. The molecule has 6 nitrogen and oxygen atoms in total. The number of imidazole rings is 1. The fourth-order valence-electron chi connectivity index (χ4n) is 5.19. The predicted octanol–water partition coefficient (Wildman–Crippen LogP) is 3.55. The summed E-state index contributed by atoms with van der Waals surface area (Å²) in [7, 11) is 0. The number of likely N-dealkylation sites (N-methyl/N-ethyl adjacent to an activating group) is 1. The van der Waals surface area contributed by atoms with Crippen molar-refractivity contribution in [2.45, 2.75) is 31.8 Å². The summed E-state index contributed by atoms with van der Waals surface area (Å²) >= 11 is 0. The number of hydrogen-bond acceptors (Lipinski definition) is 4. The highest BCUT2D eigenvalue weighted by Gasteiger charge is 2.47. The molecular formula is C24H26FN5O. The number of nitrogens with zero attached hydrogens (tertiary/aromatic N) is 5. The zero-order chi connectivity index (χ0) is 21.4. The van der Waals surface area contributed by atoms with E-state index in [0.29, 0.717) is 18.7 Å². The molecular weight excluding hydrogens is 393 g/mol. The van der Waals surface area contributed by atoms with Gasteiger partial charge in [0, 0.05) is 49.7 Å². The molecule has 0 N–H and O–H groups in total. The van der Waals surface area contributed by atoms with E-state index in [-0.39, 0.29) is 17.3 Å². The fraction of sp³-hybridized carbons (Fsp3) is 0.375. The van der Waals surface area contributed by atoms with Gasteiger partial charge in [0.25, 0.3) is 5.91 Å². The van der Waals surface area contributed by atoms with Crippen molar-refractivity contribution in [3.05, 3.63) is 72.2 Å². The van der Waals surface area contributed by atoms with Crippen LogP contribution in [0.25, 0.3) is 11.3 Å². The molecule has 1 amide bonds. The molecule has 2 aromatic heterocycles. The van der Waals surface area contributed by atoms with Gasteiger partial charge >= 0.3 is 0 Å². The molecule has 2 aliphatic heterocycles. The number of hydrogen-bond donors (Lipinski definition) is 0. The minimum atomic E-state index is -0.239. The number of rotatable bonds is 3. The van der Waals surface area contributed by atoms with Crippen LogP contribution in [0.5, 0.6) is 0 Å². The number of pyridine rings is 1. The lowest BCUT2D eigenvalue weighted by Gasteiger charge is -2.50. The Morgan fingerprint density at radius 1 is 1.10 bits per heavy atom. The topological polar surface area (TPSA) is 54.3 Å². The van der Waals surface area contributed by atoms with E-state index in [1.807, 2.05) is 17.2 Å². The van der Waals surface area contributed by atoms with Crippen LogP contribution >= 0.6 is 0 Å². The van der Waals surface area contributed by atoms with E-state index in [2.05, 4.69) is 21.4 Å². The van der Waals surface area contributed by atoms with Crippen LogP contribution in [0.2, 0.25) is 0 Å². The molecule has 3 aromatic rings. The second-order valence-corrected chi connectivity index (χ2v) is 8.27. The van der Waals surface area contributed by atoms with Gasteiger partial charge in [-0.05, 0) is 43.7 Å². The average molecular weight is 420 g/mol. The van der Waals surface area contributed by atoms with Gasteiger partial charge in [-0.15, -0.1) is 0 Å². The summed E-state index contributed by atoms with van der Waals surface area (Å²) in [6.07, 6.45) is 6.85. The zero-order valence-electron chi connectivity index (χ0n) is 17.7. The molecule has 1 spiro atoms. The van der Waals surface area contributed by atoms with Crippen molar-refractivity contribution in [2.75, 3.05) is 26.2 Å². The van der Waals surface area contributed by atoms with Gasteiger partial charge in [-0.25, -0.2) is 9.37 Å². The third-order valence-electron chi connectivity index (χ3n) is 6.78. The first-order chi connectivity index (χ1) is 15.1. The van der Waals surface area contributed by atoms with Gasteiger partial charge in [-0.1, -0.05) is 19.1 Å². The molecule has 1 saturated heterocycles. The molecule has 160 valence electrons. The largest absolute Gasteiger partial charge is 0.338 e. The Morgan fingerprint density at radius 3 is 2.58 bits per heavy atom. The average Bonchev–Trinajstić information content (AvgIpc) is 3.25. The number of halogens is 1. The minimum Gasteiger partial charge on any atom is -0.338 e. The van der Waals surface area contributed by atoms with Crippen molar-refractivity contribution in [2.24, 2.45) is 0 Å². The van der Waals surface area contributed by atoms with Gasteiger partial charge in [0.15, 0.2) is 0 Å². The van der Waals surface area contributed by atoms with Gasteiger partial charge in [-0.2, -0.15) is 0 Å². The van der Waals surface area contributed by atoms with Crippen LogP contribution in [0.3, 0.4) is 0 Å². The molecule has 0 atom stereocenters. The van der Waals surface area contributed by atoms with Crippen LogP contribution in [-0.2, 0) is 12.1 Å². The summed E-state index contributed by atoms with van der Waals surface area (Å²) < 4.78 is 16.1. The summed E-state index contributed by atoms with van der Waals surface area (Å²) in [6.45, 7) is 6.22. The number of carbonyl (C=O) groups excluding carboxylic acids is 1. The van der Waals surface area contributed by atoms with Gasteiger partial charge in [0.1, 0.15) is 11.6 Å². The van der Waals surface area contributed by atoms with Crippen molar-refractivity contribution >= 4 is 5.91 Å². The van der Waals surface area contributed by atoms with Crippen LogP contribution in [-0.4, -0.2) is 56.4 Å². The van der Waals surface area contributed by atoms with E-state index in [0.717, 1.165) is 49.6 Å². The fourth-order valence-corrected chi connectivity index (χ4v) is 5.19. The number of benzene rings is 1. The molecule has 1 fully saturated rings. The number of amides is 1. The number of piperidine rings is 1. The van der Waals surface area contributed by atoms with Crippen LogP contribution in [0.15, 0.2) is 55.0 Å². The molecule has 2 aliphatic rings. The van der Waals surface area contributed by atoms with E-state index in [9.17, 15) is 9.18 Å². The van der Waals surface area contributed by atoms with Crippen molar-refractivity contribution in [3.63, 3.8) is 0 Å². The first kappa shape index (κ1) is 19.9. The molecule has 0 bridgehead atoms. The maximum atomic E-state index is 13.8. The standard InChI is InChI=1S/C24H26FN5O/c1-2-29-14-15-30-21(19-4-3-5-20(25)16-19)17-27-23(30)24(29)8-12-28(13-9-24)22(31)18-6-10-26-11-7-18/h3-7,10-11,16-17H,2,8-9,12-15H2,1H3. The predicted molar refractivity (Wildman–Crippen MR) is 116 cm³/mol. The minimum absolute atomic E-state index is 0.0555. The Hall–Kier alpha value is -3.06. The molecule has 0 saturated carbocycles. The summed E-state index contributed by atoms with van der Waals surface area (Å²) in [5.41, 5.74) is 2.29. The first-order valence-corrected chi connectivity index (χ1v) is 10.9. The van der Waals surface area contributed by atoms with E-state index >= 15 is 0 Å². The lowest BCUT2D eigenvalue weighted by Crippen LogP contribution is -2.58. The Bertz CT molecular complexity index is 1090. The number of fused-ring (bicyclic) bond motifs is 2. The SMILES string of the molecule is CCN1CCn2c(-c3cccc(F)c3)cnc2C12CCN(C(=O)c1ccncc1)CC2. The molecule has 31 heavy (non-hydrogen) atoms. The van der Waals surface area contributed by atoms with Crippen LogP contribution in [0.1, 0.15) is 35.9 Å². The van der Waals surface area contributed by atoms with Gasteiger partial charge in [0.2, 0.25) is 0 Å². The lowest BCUT2D eigenvalue weighted by atomic mass is 9.83. The van der Waals surface area contributed by atoms with Crippen molar-refractivity contribution in [1.29, 1.82) is 0 Å². The Morgan fingerprint density at radius 2 is 1.87 bits per heavy atom. The summed E-state index contributed by atoms with van der Waals surface area (Å²) in [6, 6.07) is 10.2. The summed E-state index contributed by atoms with van der Waals surface area (Å²) in [5.74, 6) is 0.854. The Balaban J connectivity index is 1.45. The maximum absolute atomic E-state index is 13.8. The molecule has 0 radical (unpaired) electrons. The molecule has 7 heteroatoms. The lowest BCUT2D eigenvalue weighted by molar-refractivity contribution is -0.00313. The zero-order valence-corrected chi connectivity index (χ0v) is 17.7. The van der Waals surface area contributed by atoms with Crippen molar-refractivity contribution in [1.82, 2.24) is 24.3 Å². The van der Waals surface area contributed by atoms with E-state index < -0.39 is 0 Å². The molecule has 1 aromatic carbocycles. The summed E-state index contributed by atoms with van der Waals surface area (Å²) in [4.78, 5) is 26.2. The number of likely N-dealkylation sites (tertiary alicyclic amines) is 1. The van der Waals surface area contributed by atoms with E-state index in [4.69, 9.17) is 4.98 Å². The second kappa shape index (κ2) is 7.89.